The van der Waals surface area contributed by atoms with Crippen LogP contribution in [0.15, 0.2) is 48.5 Å². The van der Waals surface area contributed by atoms with E-state index in [0.29, 0.717) is 27.8 Å². The maximum atomic E-state index is 13.9. The number of anilines is 2. The lowest BCUT2D eigenvalue weighted by molar-refractivity contribution is -0.173. The summed E-state index contributed by atoms with van der Waals surface area (Å²) in [6.45, 7) is 0. The Labute approximate surface area is 192 Å². The third-order valence-electron chi connectivity index (χ3n) is 5.33. The van der Waals surface area contributed by atoms with Crippen LogP contribution in [0.4, 0.5) is 24.7 Å². The van der Waals surface area contributed by atoms with Crippen molar-refractivity contribution in [2.24, 2.45) is 0 Å². The third kappa shape index (κ3) is 4.70. The highest BCUT2D eigenvalue weighted by molar-refractivity contribution is 6.30. The van der Waals surface area contributed by atoms with Gasteiger partial charge in [0.05, 0.1) is 20.3 Å². The van der Waals surface area contributed by atoms with Gasteiger partial charge in [-0.15, -0.1) is 0 Å². The van der Waals surface area contributed by atoms with Crippen molar-refractivity contribution in [3.05, 3.63) is 64.8 Å². The SMILES string of the molecule is COc1ccc([C@H]2C[C@H](C(F)(F)F)n3nc(C(=O)Nc4ccc(Cl)cc4)cc3N2)cc1OC. The molecule has 2 aromatic carbocycles. The van der Waals surface area contributed by atoms with Gasteiger partial charge >= 0.3 is 6.18 Å². The van der Waals surface area contributed by atoms with Crippen molar-refractivity contribution in [2.75, 3.05) is 24.9 Å². The highest BCUT2D eigenvalue weighted by Crippen LogP contribution is 2.44. The Morgan fingerprint density at radius 3 is 2.45 bits per heavy atom. The van der Waals surface area contributed by atoms with Crippen LogP contribution in [-0.2, 0) is 0 Å². The summed E-state index contributed by atoms with van der Waals surface area (Å²) in [6.07, 6.45) is -4.88. The van der Waals surface area contributed by atoms with Gasteiger partial charge in [0.25, 0.3) is 5.91 Å². The summed E-state index contributed by atoms with van der Waals surface area (Å²) < 4.78 is 53.1. The fourth-order valence-corrected chi connectivity index (χ4v) is 3.83. The second kappa shape index (κ2) is 8.86. The molecule has 0 saturated heterocycles. The zero-order chi connectivity index (χ0) is 23.8. The number of nitrogens with one attached hydrogen (secondary N) is 2. The van der Waals surface area contributed by atoms with Crippen LogP contribution in [0.2, 0.25) is 5.02 Å². The molecule has 174 valence electrons. The van der Waals surface area contributed by atoms with E-state index < -0.39 is 24.2 Å². The molecule has 1 aromatic heterocycles. The maximum Gasteiger partial charge on any atom is 0.410 e. The lowest BCUT2D eigenvalue weighted by Crippen LogP contribution is -2.35. The predicted octanol–water partition coefficient (Wildman–Crippen LogP) is 5.47. The Hall–Kier alpha value is -3.40. The number of ether oxygens (including phenoxy) is 2. The Morgan fingerprint density at radius 1 is 1.12 bits per heavy atom. The highest BCUT2D eigenvalue weighted by Gasteiger charge is 2.47. The molecule has 2 N–H and O–H groups in total. The molecule has 0 unspecified atom stereocenters. The van der Waals surface area contributed by atoms with E-state index in [0.717, 1.165) is 4.68 Å². The number of aromatic nitrogens is 2. The lowest BCUT2D eigenvalue weighted by atomic mass is 9.96. The number of amides is 1. The van der Waals surface area contributed by atoms with Crippen LogP contribution in [0.3, 0.4) is 0 Å². The monoisotopic (exact) mass is 480 g/mol. The molecule has 33 heavy (non-hydrogen) atoms. The number of alkyl halides is 3. The van der Waals surface area contributed by atoms with Gasteiger partial charge in [0.1, 0.15) is 5.82 Å². The number of benzene rings is 2. The minimum Gasteiger partial charge on any atom is -0.493 e. The molecule has 7 nitrogen and oxygen atoms in total. The van der Waals surface area contributed by atoms with E-state index in [1.165, 1.54) is 20.3 Å². The minimum atomic E-state index is -4.57. The zero-order valence-electron chi connectivity index (χ0n) is 17.6. The summed E-state index contributed by atoms with van der Waals surface area (Å²) in [5, 5.41) is 10.1. The molecule has 0 bridgehead atoms. The van der Waals surface area contributed by atoms with Crippen LogP contribution >= 0.6 is 11.6 Å². The first kappa shape index (κ1) is 22.8. The number of carbonyl (C=O) groups excluding carboxylic acids is 1. The summed E-state index contributed by atoms with van der Waals surface area (Å²) in [7, 11) is 2.93. The molecule has 2 atom stereocenters. The highest BCUT2D eigenvalue weighted by atomic mass is 35.5. The Kier molecular flexibility index (Phi) is 6.11. The van der Waals surface area contributed by atoms with Crippen molar-refractivity contribution in [3.63, 3.8) is 0 Å². The van der Waals surface area contributed by atoms with E-state index in [4.69, 9.17) is 21.1 Å². The van der Waals surface area contributed by atoms with Gasteiger partial charge in [0.15, 0.2) is 23.2 Å². The number of carbonyl (C=O) groups is 1. The molecule has 0 fully saturated rings. The van der Waals surface area contributed by atoms with Crippen molar-refractivity contribution < 1.29 is 27.4 Å². The molecule has 0 aliphatic carbocycles. The van der Waals surface area contributed by atoms with Gasteiger partial charge in [-0.1, -0.05) is 17.7 Å². The molecule has 11 heteroatoms. The smallest absolute Gasteiger partial charge is 0.410 e. The summed E-state index contributed by atoms with van der Waals surface area (Å²) in [4.78, 5) is 12.6. The summed E-state index contributed by atoms with van der Waals surface area (Å²) in [5.41, 5.74) is 0.884. The third-order valence-corrected chi connectivity index (χ3v) is 5.59. The quantitative estimate of drug-likeness (QED) is 0.506. The second-order valence-corrected chi connectivity index (χ2v) is 7.86. The zero-order valence-corrected chi connectivity index (χ0v) is 18.4. The first-order chi connectivity index (χ1) is 15.7. The second-order valence-electron chi connectivity index (χ2n) is 7.42. The Balaban J connectivity index is 1.64. The fourth-order valence-electron chi connectivity index (χ4n) is 3.70. The van der Waals surface area contributed by atoms with Crippen LogP contribution in [0.25, 0.3) is 0 Å². The van der Waals surface area contributed by atoms with Crippen molar-refractivity contribution in [3.8, 4) is 11.5 Å². The molecular weight excluding hydrogens is 461 g/mol. The van der Waals surface area contributed by atoms with Gasteiger partial charge in [-0.05, 0) is 42.0 Å². The number of halogens is 4. The van der Waals surface area contributed by atoms with Crippen molar-refractivity contribution in [1.82, 2.24) is 9.78 Å². The van der Waals surface area contributed by atoms with Crippen LogP contribution in [0.1, 0.15) is 34.6 Å². The molecular formula is C22H20ClF3N4O3. The van der Waals surface area contributed by atoms with E-state index in [9.17, 15) is 18.0 Å². The van der Waals surface area contributed by atoms with Crippen LogP contribution < -0.4 is 20.1 Å². The Morgan fingerprint density at radius 2 is 1.82 bits per heavy atom. The van der Waals surface area contributed by atoms with Gasteiger partial charge in [-0.2, -0.15) is 18.3 Å². The van der Waals surface area contributed by atoms with E-state index in [1.807, 2.05) is 0 Å². The molecule has 1 amide bonds. The summed E-state index contributed by atoms with van der Waals surface area (Å²) in [5.74, 6) is 0.326. The molecule has 1 aliphatic rings. The lowest BCUT2D eigenvalue weighted by Gasteiger charge is -2.33. The molecule has 0 saturated carbocycles. The first-order valence-corrected chi connectivity index (χ1v) is 10.3. The standard InChI is InChI=1S/C22H20ClF3N4O3/c1-32-17-8-3-12(9-18(17)33-2)15-10-19(22(24,25)26)30-20(28-15)11-16(29-30)21(31)27-14-6-4-13(23)5-7-14/h3-9,11,15,19,28H,10H2,1-2H3,(H,27,31)/t15-,19-/m1/s1. The summed E-state index contributed by atoms with van der Waals surface area (Å²) >= 11 is 5.83. The van der Waals surface area contributed by atoms with E-state index in [-0.39, 0.29) is 17.9 Å². The number of methoxy groups -OCH3 is 2. The molecule has 0 radical (unpaired) electrons. The van der Waals surface area contributed by atoms with Gasteiger partial charge < -0.3 is 20.1 Å². The first-order valence-electron chi connectivity index (χ1n) is 9.91. The number of rotatable bonds is 5. The van der Waals surface area contributed by atoms with Gasteiger partial charge in [-0.25, -0.2) is 4.68 Å². The minimum absolute atomic E-state index is 0.0876. The van der Waals surface area contributed by atoms with Crippen molar-refractivity contribution in [1.29, 1.82) is 0 Å². The normalized spacial score (nSPS) is 17.6. The van der Waals surface area contributed by atoms with E-state index in [1.54, 1.807) is 42.5 Å². The van der Waals surface area contributed by atoms with Crippen LogP contribution in [0, 0.1) is 0 Å². The molecule has 2 heterocycles. The molecule has 1 aliphatic heterocycles. The molecule has 3 aromatic rings. The Bertz CT molecular complexity index is 1160. The maximum absolute atomic E-state index is 13.9. The van der Waals surface area contributed by atoms with E-state index in [2.05, 4.69) is 15.7 Å². The average Bonchev–Trinajstić information content (AvgIpc) is 3.23. The number of nitrogens with zero attached hydrogens (tertiary/aromatic N) is 2. The molecule has 4 rings (SSSR count). The number of hydrogen-bond donors (Lipinski definition) is 2. The van der Waals surface area contributed by atoms with Crippen molar-refractivity contribution in [2.45, 2.75) is 24.7 Å². The predicted molar refractivity (Wildman–Crippen MR) is 117 cm³/mol. The van der Waals surface area contributed by atoms with E-state index >= 15 is 0 Å². The average molecular weight is 481 g/mol. The topological polar surface area (TPSA) is 77.4 Å². The van der Waals surface area contributed by atoms with Crippen LogP contribution in [-0.4, -0.2) is 36.1 Å². The summed E-state index contributed by atoms with van der Waals surface area (Å²) in [6, 6.07) is 9.98. The number of hydrogen-bond acceptors (Lipinski definition) is 5. The van der Waals surface area contributed by atoms with Crippen LogP contribution in [0.5, 0.6) is 11.5 Å². The number of fused-ring (bicyclic) bond motifs is 1. The van der Waals surface area contributed by atoms with Gasteiger partial charge in [0.2, 0.25) is 0 Å². The van der Waals surface area contributed by atoms with Gasteiger partial charge in [0, 0.05) is 23.2 Å². The largest absolute Gasteiger partial charge is 0.493 e. The fraction of sp³-hybridized carbons (Fsp3) is 0.273. The molecule has 0 spiro atoms. The van der Waals surface area contributed by atoms with Crippen molar-refractivity contribution >= 4 is 29.0 Å². The van der Waals surface area contributed by atoms with Gasteiger partial charge in [-0.3, -0.25) is 4.79 Å².